The second kappa shape index (κ2) is 3.58. The fraction of sp³-hybridized carbons (Fsp3) is 0.667. The number of nitrogens with two attached hydrogens (primary N) is 1. The van der Waals surface area contributed by atoms with Crippen molar-refractivity contribution in [2.24, 2.45) is 5.90 Å². The van der Waals surface area contributed by atoms with E-state index in [1.165, 1.54) is 6.92 Å². The van der Waals surface area contributed by atoms with E-state index >= 15 is 0 Å². The van der Waals surface area contributed by atoms with Crippen molar-refractivity contribution in [1.29, 1.82) is 0 Å². The molecule has 0 bridgehead atoms. The van der Waals surface area contributed by atoms with Gasteiger partial charge in [-0.25, -0.2) is 5.90 Å². The molecule has 4 heteroatoms. The van der Waals surface area contributed by atoms with Gasteiger partial charge in [0.15, 0.2) is 0 Å². The smallest absolute Gasteiger partial charge is 0.304 e. The Labute approximate surface area is 41.2 Å². The van der Waals surface area contributed by atoms with E-state index in [2.05, 4.69) is 15.5 Å². The van der Waals surface area contributed by atoms with E-state index < -0.39 is 5.97 Å². The molecule has 0 aliphatic rings. The summed E-state index contributed by atoms with van der Waals surface area (Å²) in [5.41, 5.74) is 0. The molecule has 0 rings (SSSR count). The maximum absolute atomic E-state index is 9.84. The largest absolute Gasteiger partial charge is 0.437 e. The van der Waals surface area contributed by atoms with E-state index in [0.717, 1.165) is 0 Å². The van der Waals surface area contributed by atoms with Gasteiger partial charge in [-0.2, -0.15) is 0 Å². The first-order valence-corrected chi connectivity index (χ1v) is 1.72. The van der Waals surface area contributed by atoms with Crippen LogP contribution in [-0.4, -0.2) is 12.8 Å². The molecule has 0 spiro atoms. The zero-order valence-corrected chi connectivity index (χ0v) is 4.01. The average molecular weight is 105 g/mol. The highest BCUT2D eigenvalue weighted by molar-refractivity contribution is 5.65. The number of esters is 1. The van der Waals surface area contributed by atoms with Gasteiger partial charge < -0.3 is 4.74 Å². The van der Waals surface area contributed by atoms with E-state index in [4.69, 9.17) is 0 Å². The lowest BCUT2D eigenvalue weighted by Crippen LogP contribution is -2.07. The summed E-state index contributed by atoms with van der Waals surface area (Å²) in [6, 6.07) is 0. The molecule has 4 nitrogen and oxygen atoms in total. The normalized spacial score (nSPS) is 8.29. The summed E-state index contributed by atoms with van der Waals surface area (Å²) in [7, 11) is 0. The van der Waals surface area contributed by atoms with Crippen molar-refractivity contribution in [1.82, 2.24) is 0 Å². The minimum Gasteiger partial charge on any atom is -0.437 e. The Kier molecular flexibility index (Phi) is 3.26. The number of ether oxygens (including phenoxy) is 1. The Morgan fingerprint density at radius 3 is 2.57 bits per heavy atom. The van der Waals surface area contributed by atoms with E-state index in [9.17, 15) is 4.79 Å². The van der Waals surface area contributed by atoms with E-state index in [1.54, 1.807) is 0 Å². The molecule has 42 valence electrons. The molecular weight excluding hydrogens is 98.0 g/mol. The molecule has 0 aromatic carbocycles. The van der Waals surface area contributed by atoms with Gasteiger partial charge in [0.25, 0.3) is 0 Å². The van der Waals surface area contributed by atoms with Crippen molar-refractivity contribution in [2.75, 3.05) is 6.79 Å². The van der Waals surface area contributed by atoms with Crippen LogP contribution in [0.2, 0.25) is 0 Å². The minimum atomic E-state index is -0.398. The van der Waals surface area contributed by atoms with Gasteiger partial charge in [0.1, 0.15) is 0 Å². The van der Waals surface area contributed by atoms with Crippen molar-refractivity contribution >= 4 is 5.97 Å². The molecule has 0 saturated carbocycles. The Bertz CT molecular complexity index is 63.2. The molecule has 0 fully saturated rings. The van der Waals surface area contributed by atoms with Gasteiger partial charge in [-0.15, -0.1) is 0 Å². The van der Waals surface area contributed by atoms with Gasteiger partial charge in [0.05, 0.1) is 0 Å². The van der Waals surface area contributed by atoms with Crippen molar-refractivity contribution in [3.63, 3.8) is 0 Å². The van der Waals surface area contributed by atoms with Crippen LogP contribution in [0.15, 0.2) is 0 Å². The van der Waals surface area contributed by atoms with Gasteiger partial charge in [-0.05, 0) is 0 Å². The molecular formula is C3H7NO3. The topological polar surface area (TPSA) is 61.5 Å². The lowest BCUT2D eigenvalue weighted by molar-refractivity contribution is -0.153. The Balaban J connectivity index is 2.82. The standard InChI is InChI=1S/C3H7NO3/c1-3(5)6-2-7-4/h2,4H2,1H3. The van der Waals surface area contributed by atoms with E-state index in [0.29, 0.717) is 0 Å². The molecule has 0 aliphatic carbocycles. The van der Waals surface area contributed by atoms with Gasteiger partial charge in [-0.3, -0.25) is 9.63 Å². The summed E-state index contributed by atoms with van der Waals surface area (Å²) in [4.78, 5) is 13.8. The zero-order valence-electron chi connectivity index (χ0n) is 4.01. The van der Waals surface area contributed by atoms with Crippen LogP contribution in [0.3, 0.4) is 0 Å². The number of carbonyl (C=O) groups excluding carboxylic acids is 1. The Morgan fingerprint density at radius 2 is 2.43 bits per heavy atom. The summed E-state index contributed by atoms with van der Waals surface area (Å²) in [5, 5.41) is 0. The lowest BCUT2D eigenvalue weighted by Gasteiger charge is -1.94. The molecule has 0 aliphatic heterocycles. The molecule has 0 atom stereocenters. The highest BCUT2D eigenvalue weighted by Gasteiger charge is 1.85. The summed E-state index contributed by atoms with van der Waals surface area (Å²) in [6.45, 7) is 1.11. The summed E-state index contributed by atoms with van der Waals surface area (Å²) < 4.78 is 4.20. The van der Waals surface area contributed by atoms with Gasteiger partial charge in [0, 0.05) is 6.92 Å². The molecule has 0 aromatic heterocycles. The molecule has 2 N–H and O–H groups in total. The van der Waals surface area contributed by atoms with Crippen LogP contribution in [0.25, 0.3) is 0 Å². The van der Waals surface area contributed by atoms with Crippen LogP contribution in [0.4, 0.5) is 0 Å². The van der Waals surface area contributed by atoms with Crippen molar-refractivity contribution in [3.8, 4) is 0 Å². The van der Waals surface area contributed by atoms with Crippen LogP contribution in [0, 0.1) is 0 Å². The average Bonchev–Trinajstić information content (AvgIpc) is 1.61. The first-order chi connectivity index (χ1) is 3.27. The highest BCUT2D eigenvalue weighted by Crippen LogP contribution is 1.71. The Hall–Kier alpha value is -0.610. The SMILES string of the molecule is CC(=O)OCON. The second-order valence-electron chi connectivity index (χ2n) is 0.920. The van der Waals surface area contributed by atoms with Crippen molar-refractivity contribution in [2.45, 2.75) is 6.92 Å². The molecule has 0 amide bonds. The summed E-state index contributed by atoms with van der Waals surface area (Å²) in [5.74, 6) is 4.10. The maximum Gasteiger partial charge on any atom is 0.304 e. The van der Waals surface area contributed by atoms with Crippen LogP contribution < -0.4 is 5.90 Å². The van der Waals surface area contributed by atoms with Crippen molar-refractivity contribution < 1.29 is 14.4 Å². The second-order valence-corrected chi connectivity index (χ2v) is 0.920. The van der Waals surface area contributed by atoms with Gasteiger partial charge in [0.2, 0.25) is 6.79 Å². The lowest BCUT2D eigenvalue weighted by atomic mass is 10.8. The monoisotopic (exact) mass is 105 g/mol. The fourth-order valence-electron chi connectivity index (χ4n) is 0.117. The van der Waals surface area contributed by atoms with Crippen LogP contribution in [-0.2, 0) is 14.4 Å². The predicted octanol–water partition coefficient (Wildman–Crippen LogP) is -0.603. The molecule has 7 heavy (non-hydrogen) atoms. The third-order valence-corrected chi connectivity index (χ3v) is 0.330. The molecule has 0 radical (unpaired) electrons. The number of rotatable bonds is 2. The number of hydrogen-bond donors (Lipinski definition) is 1. The number of carbonyl (C=O) groups is 1. The van der Waals surface area contributed by atoms with Gasteiger partial charge in [-0.1, -0.05) is 0 Å². The van der Waals surface area contributed by atoms with Crippen LogP contribution in [0.5, 0.6) is 0 Å². The summed E-state index contributed by atoms with van der Waals surface area (Å²) in [6.07, 6.45) is 0. The van der Waals surface area contributed by atoms with E-state index in [1.807, 2.05) is 0 Å². The highest BCUT2D eigenvalue weighted by atomic mass is 16.7. The van der Waals surface area contributed by atoms with E-state index in [-0.39, 0.29) is 6.79 Å². The maximum atomic E-state index is 9.84. The third-order valence-electron chi connectivity index (χ3n) is 0.330. The quantitative estimate of drug-likeness (QED) is 0.289. The summed E-state index contributed by atoms with van der Waals surface area (Å²) >= 11 is 0. The number of hydrogen-bond acceptors (Lipinski definition) is 4. The van der Waals surface area contributed by atoms with Crippen LogP contribution in [0.1, 0.15) is 6.92 Å². The molecule has 0 aromatic rings. The Morgan fingerprint density at radius 1 is 1.86 bits per heavy atom. The zero-order chi connectivity index (χ0) is 5.70. The van der Waals surface area contributed by atoms with Crippen molar-refractivity contribution in [3.05, 3.63) is 0 Å². The third kappa shape index (κ3) is 5.39. The molecule has 0 heterocycles. The predicted molar refractivity (Wildman–Crippen MR) is 21.9 cm³/mol. The van der Waals surface area contributed by atoms with Crippen LogP contribution >= 0.6 is 0 Å². The first kappa shape index (κ1) is 6.39. The molecule has 0 saturated heterocycles. The van der Waals surface area contributed by atoms with Gasteiger partial charge >= 0.3 is 5.97 Å². The fourth-order valence-corrected chi connectivity index (χ4v) is 0.117. The first-order valence-electron chi connectivity index (χ1n) is 1.72. The molecule has 0 unspecified atom stereocenters. The minimum absolute atomic E-state index is 0.171.